The standard InChI is InChI=1S/C15H22N2O/c1-3-13(11-18)16-9-12-10-17(4-2)15-8-6-5-7-14(12)15/h5-8,10,13,16,18H,3-4,9,11H2,1-2H3/t13-/m1/s1. The van der Waals surface area contributed by atoms with Gasteiger partial charge in [0.2, 0.25) is 0 Å². The third-order valence-corrected chi connectivity index (χ3v) is 3.51. The van der Waals surface area contributed by atoms with Crippen LogP contribution in [0.1, 0.15) is 25.8 Å². The fourth-order valence-corrected chi connectivity index (χ4v) is 2.32. The summed E-state index contributed by atoms with van der Waals surface area (Å²) in [5.41, 5.74) is 2.59. The van der Waals surface area contributed by atoms with E-state index in [2.05, 4.69) is 54.2 Å². The number of nitrogens with one attached hydrogen (secondary N) is 1. The number of nitrogens with zero attached hydrogens (tertiary/aromatic N) is 1. The van der Waals surface area contributed by atoms with Crippen LogP contribution >= 0.6 is 0 Å². The third-order valence-electron chi connectivity index (χ3n) is 3.51. The number of benzene rings is 1. The summed E-state index contributed by atoms with van der Waals surface area (Å²) >= 11 is 0. The average molecular weight is 246 g/mol. The molecule has 3 nitrogen and oxygen atoms in total. The first-order chi connectivity index (χ1) is 8.80. The van der Waals surface area contributed by atoms with Crippen molar-refractivity contribution in [1.82, 2.24) is 9.88 Å². The highest BCUT2D eigenvalue weighted by Crippen LogP contribution is 2.21. The second kappa shape index (κ2) is 6.03. The molecule has 0 amide bonds. The van der Waals surface area contributed by atoms with Crippen LogP contribution in [0.2, 0.25) is 0 Å². The van der Waals surface area contributed by atoms with E-state index in [-0.39, 0.29) is 12.6 Å². The molecule has 0 unspecified atom stereocenters. The van der Waals surface area contributed by atoms with Crippen molar-refractivity contribution in [3.05, 3.63) is 36.0 Å². The molecule has 1 heterocycles. The van der Waals surface area contributed by atoms with Gasteiger partial charge in [0.25, 0.3) is 0 Å². The Balaban J connectivity index is 2.22. The van der Waals surface area contributed by atoms with Gasteiger partial charge in [0.1, 0.15) is 0 Å². The minimum Gasteiger partial charge on any atom is -0.395 e. The predicted molar refractivity (Wildman–Crippen MR) is 75.6 cm³/mol. The summed E-state index contributed by atoms with van der Waals surface area (Å²) in [6.07, 6.45) is 3.16. The third kappa shape index (κ3) is 2.57. The van der Waals surface area contributed by atoms with Crippen LogP contribution in [0, 0.1) is 0 Å². The lowest BCUT2D eigenvalue weighted by Gasteiger charge is -2.13. The van der Waals surface area contributed by atoms with Crippen molar-refractivity contribution in [2.75, 3.05) is 6.61 Å². The molecule has 3 heteroatoms. The topological polar surface area (TPSA) is 37.2 Å². The molecule has 0 bridgehead atoms. The van der Waals surface area contributed by atoms with Crippen molar-refractivity contribution < 1.29 is 5.11 Å². The van der Waals surface area contributed by atoms with Gasteiger partial charge in [-0.15, -0.1) is 0 Å². The van der Waals surface area contributed by atoms with E-state index in [1.165, 1.54) is 16.5 Å². The molecule has 0 fully saturated rings. The predicted octanol–water partition coefficient (Wildman–Crippen LogP) is 2.52. The molecule has 2 N–H and O–H groups in total. The largest absolute Gasteiger partial charge is 0.395 e. The highest BCUT2D eigenvalue weighted by Gasteiger charge is 2.09. The van der Waals surface area contributed by atoms with Crippen molar-refractivity contribution in [2.24, 2.45) is 0 Å². The van der Waals surface area contributed by atoms with E-state index in [1.54, 1.807) is 0 Å². The Bertz CT molecular complexity index is 500. The fraction of sp³-hybridized carbons (Fsp3) is 0.467. The van der Waals surface area contributed by atoms with Crippen LogP contribution in [-0.4, -0.2) is 22.3 Å². The van der Waals surface area contributed by atoms with Gasteiger partial charge < -0.3 is 15.0 Å². The molecule has 2 rings (SSSR count). The molecular formula is C15H22N2O. The molecule has 98 valence electrons. The summed E-state index contributed by atoms with van der Waals surface area (Å²) in [4.78, 5) is 0. The van der Waals surface area contributed by atoms with Crippen LogP contribution < -0.4 is 5.32 Å². The van der Waals surface area contributed by atoms with Gasteiger partial charge in [0.15, 0.2) is 0 Å². The molecule has 0 aliphatic heterocycles. The summed E-state index contributed by atoms with van der Waals surface area (Å²) < 4.78 is 2.27. The van der Waals surface area contributed by atoms with Crippen LogP contribution in [0.15, 0.2) is 30.5 Å². The molecule has 1 aromatic carbocycles. The number of rotatable bonds is 6. The van der Waals surface area contributed by atoms with E-state index < -0.39 is 0 Å². The van der Waals surface area contributed by atoms with Crippen molar-refractivity contribution in [3.63, 3.8) is 0 Å². The maximum atomic E-state index is 9.20. The van der Waals surface area contributed by atoms with Crippen LogP contribution in [0.5, 0.6) is 0 Å². The number of hydrogen-bond acceptors (Lipinski definition) is 2. The van der Waals surface area contributed by atoms with Crippen molar-refractivity contribution in [2.45, 2.75) is 39.4 Å². The normalized spacial score (nSPS) is 13.1. The zero-order valence-electron chi connectivity index (χ0n) is 11.2. The lowest BCUT2D eigenvalue weighted by molar-refractivity contribution is 0.238. The molecule has 0 aliphatic rings. The highest BCUT2D eigenvalue weighted by molar-refractivity contribution is 5.83. The van der Waals surface area contributed by atoms with E-state index in [1.807, 2.05) is 0 Å². The van der Waals surface area contributed by atoms with E-state index in [4.69, 9.17) is 0 Å². The quantitative estimate of drug-likeness (QED) is 0.822. The van der Waals surface area contributed by atoms with E-state index in [0.29, 0.717) is 0 Å². The van der Waals surface area contributed by atoms with Gasteiger partial charge in [-0.1, -0.05) is 25.1 Å². The van der Waals surface area contributed by atoms with E-state index >= 15 is 0 Å². The maximum Gasteiger partial charge on any atom is 0.0584 e. The summed E-state index contributed by atoms with van der Waals surface area (Å²) in [5.74, 6) is 0. The molecular weight excluding hydrogens is 224 g/mol. The number of aliphatic hydroxyl groups is 1. The van der Waals surface area contributed by atoms with Gasteiger partial charge in [-0.2, -0.15) is 0 Å². The molecule has 18 heavy (non-hydrogen) atoms. The van der Waals surface area contributed by atoms with Crippen molar-refractivity contribution in [3.8, 4) is 0 Å². The lowest BCUT2D eigenvalue weighted by atomic mass is 10.1. The zero-order valence-corrected chi connectivity index (χ0v) is 11.2. The number of aliphatic hydroxyl groups excluding tert-OH is 1. The number of para-hydroxylation sites is 1. The van der Waals surface area contributed by atoms with Gasteiger partial charge in [0, 0.05) is 36.2 Å². The first-order valence-electron chi connectivity index (χ1n) is 6.71. The minimum absolute atomic E-state index is 0.189. The Kier molecular flexibility index (Phi) is 4.39. The van der Waals surface area contributed by atoms with Gasteiger partial charge in [-0.25, -0.2) is 0 Å². The molecule has 1 atom stereocenters. The molecule has 0 saturated heterocycles. The number of fused-ring (bicyclic) bond motifs is 1. The summed E-state index contributed by atoms with van der Waals surface area (Å²) in [6, 6.07) is 8.67. The molecule has 1 aromatic heterocycles. The second-order valence-corrected chi connectivity index (χ2v) is 4.63. The number of aromatic nitrogens is 1. The minimum atomic E-state index is 0.189. The van der Waals surface area contributed by atoms with Crippen molar-refractivity contribution >= 4 is 10.9 Å². The van der Waals surface area contributed by atoms with Crippen LogP contribution in [-0.2, 0) is 13.1 Å². The number of aryl methyl sites for hydroxylation is 1. The highest BCUT2D eigenvalue weighted by atomic mass is 16.3. The van der Waals surface area contributed by atoms with Gasteiger partial charge in [0.05, 0.1) is 6.61 Å². The Morgan fingerprint density at radius 3 is 2.72 bits per heavy atom. The first-order valence-corrected chi connectivity index (χ1v) is 6.71. The first kappa shape index (κ1) is 13.1. The maximum absolute atomic E-state index is 9.20. The molecule has 0 saturated carbocycles. The van der Waals surface area contributed by atoms with Crippen molar-refractivity contribution in [1.29, 1.82) is 0 Å². The zero-order chi connectivity index (χ0) is 13.0. The second-order valence-electron chi connectivity index (χ2n) is 4.63. The summed E-state index contributed by atoms with van der Waals surface area (Å²) in [5, 5.41) is 13.9. The van der Waals surface area contributed by atoms with Gasteiger partial charge in [-0.05, 0) is 25.0 Å². The Morgan fingerprint density at radius 1 is 1.28 bits per heavy atom. The summed E-state index contributed by atoms with van der Waals surface area (Å²) in [6.45, 7) is 6.24. The van der Waals surface area contributed by atoms with Crippen LogP contribution in [0.25, 0.3) is 10.9 Å². The average Bonchev–Trinajstić information content (AvgIpc) is 2.78. The Morgan fingerprint density at radius 2 is 2.06 bits per heavy atom. The summed E-state index contributed by atoms with van der Waals surface area (Å²) in [7, 11) is 0. The fourth-order valence-electron chi connectivity index (χ4n) is 2.32. The van der Waals surface area contributed by atoms with Gasteiger partial charge >= 0.3 is 0 Å². The SMILES string of the molecule is CC[C@H](CO)NCc1cn(CC)c2ccccc12. The molecule has 0 aliphatic carbocycles. The van der Waals surface area contributed by atoms with Crippen LogP contribution in [0.4, 0.5) is 0 Å². The molecule has 0 spiro atoms. The Labute approximate surface area is 108 Å². The monoisotopic (exact) mass is 246 g/mol. The number of hydrogen-bond donors (Lipinski definition) is 2. The lowest BCUT2D eigenvalue weighted by Crippen LogP contribution is -2.31. The van der Waals surface area contributed by atoms with E-state index in [0.717, 1.165) is 19.5 Å². The molecule has 0 radical (unpaired) electrons. The van der Waals surface area contributed by atoms with Crippen LogP contribution in [0.3, 0.4) is 0 Å². The van der Waals surface area contributed by atoms with Gasteiger partial charge in [-0.3, -0.25) is 0 Å². The Hall–Kier alpha value is -1.32. The molecule has 2 aromatic rings. The smallest absolute Gasteiger partial charge is 0.0584 e. The van der Waals surface area contributed by atoms with E-state index in [9.17, 15) is 5.11 Å².